The van der Waals surface area contributed by atoms with Gasteiger partial charge in [-0.3, -0.25) is 4.79 Å². The molecule has 2 unspecified atom stereocenters. The third kappa shape index (κ3) is 5.62. The Kier molecular flexibility index (Phi) is 6.89. The molecule has 2 atom stereocenters. The van der Waals surface area contributed by atoms with E-state index < -0.39 is 0 Å². The summed E-state index contributed by atoms with van der Waals surface area (Å²) in [5.41, 5.74) is 7.01. The molecule has 2 rings (SSSR count). The van der Waals surface area contributed by atoms with E-state index in [-0.39, 0.29) is 18.3 Å². The van der Waals surface area contributed by atoms with Crippen molar-refractivity contribution in [2.24, 2.45) is 11.7 Å². The summed E-state index contributed by atoms with van der Waals surface area (Å²) in [5.74, 6) is 0.675. The standard InChI is InChI=1S/C15H22N2O.ClH/c16-14-8-4-7-13(9-14)11-17-15(18)10-12-5-2-1-3-6-12;/h1-3,5-6,13-14H,4,7-11,16H2,(H,17,18);1H. The number of carbonyl (C=O) groups excluding carboxylic acids is 1. The molecule has 3 nitrogen and oxygen atoms in total. The summed E-state index contributed by atoms with van der Waals surface area (Å²) in [7, 11) is 0. The van der Waals surface area contributed by atoms with E-state index in [9.17, 15) is 4.79 Å². The van der Waals surface area contributed by atoms with Crippen molar-refractivity contribution < 1.29 is 4.79 Å². The Hall–Kier alpha value is -1.06. The first-order chi connectivity index (χ1) is 8.74. The van der Waals surface area contributed by atoms with Crippen molar-refractivity contribution in [2.45, 2.75) is 38.1 Å². The van der Waals surface area contributed by atoms with E-state index >= 15 is 0 Å². The molecule has 1 amide bonds. The zero-order chi connectivity index (χ0) is 12.8. The first kappa shape index (κ1) is 16.0. The number of nitrogens with two attached hydrogens (primary N) is 1. The Balaban J connectivity index is 0.00000180. The van der Waals surface area contributed by atoms with E-state index in [4.69, 9.17) is 5.73 Å². The van der Waals surface area contributed by atoms with Crippen LogP contribution in [0.1, 0.15) is 31.2 Å². The molecule has 0 saturated heterocycles. The second-order valence-corrected chi connectivity index (χ2v) is 5.26. The lowest BCUT2D eigenvalue weighted by Crippen LogP contribution is -2.36. The number of amides is 1. The number of carbonyl (C=O) groups is 1. The third-order valence-corrected chi connectivity index (χ3v) is 3.62. The number of benzene rings is 1. The molecule has 1 aliphatic rings. The molecular formula is C15H23ClN2O. The highest BCUT2D eigenvalue weighted by atomic mass is 35.5. The fraction of sp³-hybridized carbons (Fsp3) is 0.533. The van der Waals surface area contributed by atoms with Crippen LogP contribution in [-0.2, 0) is 11.2 Å². The van der Waals surface area contributed by atoms with Gasteiger partial charge in [0.05, 0.1) is 6.42 Å². The predicted molar refractivity (Wildman–Crippen MR) is 80.3 cm³/mol. The minimum atomic E-state index is 0. The fourth-order valence-corrected chi connectivity index (χ4v) is 2.62. The minimum absolute atomic E-state index is 0. The number of hydrogen-bond acceptors (Lipinski definition) is 2. The maximum atomic E-state index is 11.8. The molecule has 1 aromatic carbocycles. The van der Waals surface area contributed by atoms with Crippen molar-refractivity contribution in [3.8, 4) is 0 Å². The van der Waals surface area contributed by atoms with Gasteiger partial charge in [0.2, 0.25) is 5.91 Å². The molecule has 0 aromatic heterocycles. The summed E-state index contributed by atoms with van der Waals surface area (Å²) in [6.45, 7) is 0.777. The highest BCUT2D eigenvalue weighted by molar-refractivity contribution is 5.85. The average molecular weight is 283 g/mol. The molecule has 19 heavy (non-hydrogen) atoms. The van der Waals surface area contributed by atoms with E-state index in [1.807, 2.05) is 30.3 Å². The summed E-state index contributed by atoms with van der Waals surface area (Å²) in [5, 5.41) is 3.03. The molecule has 0 bridgehead atoms. The smallest absolute Gasteiger partial charge is 0.224 e. The second kappa shape index (κ2) is 8.18. The number of halogens is 1. The molecule has 1 aliphatic carbocycles. The lowest BCUT2D eigenvalue weighted by atomic mass is 9.86. The normalized spacial score (nSPS) is 22.4. The van der Waals surface area contributed by atoms with Crippen molar-refractivity contribution in [3.05, 3.63) is 35.9 Å². The van der Waals surface area contributed by atoms with Crippen LogP contribution in [0.25, 0.3) is 0 Å². The molecule has 1 fully saturated rings. The van der Waals surface area contributed by atoms with E-state index in [2.05, 4.69) is 5.32 Å². The summed E-state index contributed by atoms with van der Waals surface area (Å²) in [6, 6.07) is 10.2. The van der Waals surface area contributed by atoms with E-state index in [0.29, 0.717) is 18.4 Å². The fourth-order valence-electron chi connectivity index (χ4n) is 2.62. The summed E-state index contributed by atoms with van der Waals surface area (Å²) >= 11 is 0. The second-order valence-electron chi connectivity index (χ2n) is 5.26. The molecule has 1 saturated carbocycles. The molecule has 0 aliphatic heterocycles. The maximum absolute atomic E-state index is 11.8. The van der Waals surface area contributed by atoms with Gasteiger partial charge in [0, 0.05) is 12.6 Å². The first-order valence-electron chi connectivity index (χ1n) is 6.80. The van der Waals surface area contributed by atoms with Crippen LogP contribution in [0.4, 0.5) is 0 Å². The van der Waals surface area contributed by atoms with Gasteiger partial charge in [0.15, 0.2) is 0 Å². The summed E-state index contributed by atoms with van der Waals surface area (Å²) < 4.78 is 0. The van der Waals surface area contributed by atoms with Crippen molar-refractivity contribution in [3.63, 3.8) is 0 Å². The molecule has 106 valence electrons. The van der Waals surface area contributed by atoms with Crippen LogP contribution < -0.4 is 11.1 Å². The van der Waals surface area contributed by atoms with Gasteiger partial charge in [-0.15, -0.1) is 12.4 Å². The maximum Gasteiger partial charge on any atom is 0.224 e. The Labute approximate surface area is 121 Å². The van der Waals surface area contributed by atoms with Crippen molar-refractivity contribution in [1.29, 1.82) is 0 Å². The number of nitrogens with one attached hydrogen (secondary N) is 1. The molecule has 0 radical (unpaired) electrons. The predicted octanol–water partition coefficient (Wildman–Crippen LogP) is 2.28. The number of rotatable bonds is 4. The Bertz CT molecular complexity index is 383. The van der Waals surface area contributed by atoms with Crippen molar-refractivity contribution in [2.75, 3.05) is 6.54 Å². The first-order valence-corrected chi connectivity index (χ1v) is 6.80. The molecule has 0 spiro atoms. The Morgan fingerprint density at radius 2 is 2.00 bits per heavy atom. The van der Waals surface area contributed by atoms with Crippen LogP contribution >= 0.6 is 12.4 Å². The van der Waals surface area contributed by atoms with Crippen LogP contribution in [0.2, 0.25) is 0 Å². The van der Waals surface area contributed by atoms with Gasteiger partial charge in [0.1, 0.15) is 0 Å². The van der Waals surface area contributed by atoms with Gasteiger partial charge in [-0.1, -0.05) is 36.8 Å². The molecule has 0 heterocycles. The van der Waals surface area contributed by atoms with Gasteiger partial charge in [-0.2, -0.15) is 0 Å². The monoisotopic (exact) mass is 282 g/mol. The van der Waals surface area contributed by atoms with Crippen LogP contribution in [-0.4, -0.2) is 18.5 Å². The molecular weight excluding hydrogens is 260 g/mol. The van der Waals surface area contributed by atoms with Crippen LogP contribution in [0.3, 0.4) is 0 Å². The molecule has 1 aromatic rings. The van der Waals surface area contributed by atoms with Gasteiger partial charge >= 0.3 is 0 Å². The van der Waals surface area contributed by atoms with Gasteiger partial charge in [-0.05, 0) is 30.7 Å². The number of hydrogen-bond donors (Lipinski definition) is 2. The lowest BCUT2D eigenvalue weighted by molar-refractivity contribution is -0.120. The SMILES string of the molecule is Cl.NC1CCCC(CNC(=O)Cc2ccccc2)C1. The minimum Gasteiger partial charge on any atom is -0.356 e. The van der Waals surface area contributed by atoms with Gasteiger partial charge < -0.3 is 11.1 Å². The van der Waals surface area contributed by atoms with Crippen molar-refractivity contribution in [1.82, 2.24) is 5.32 Å². The van der Waals surface area contributed by atoms with E-state index in [1.165, 1.54) is 12.8 Å². The highest BCUT2D eigenvalue weighted by Crippen LogP contribution is 2.22. The Morgan fingerprint density at radius 3 is 2.68 bits per heavy atom. The zero-order valence-electron chi connectivity index (χ0n) is 11.2. The quantitative estimate of drug-likeness (QED) is 0.890. The Morgan fingerprint density at radius 1 is 1.26 bits per heavy atom. The van der Waals surface area contributed by atoms with Crippen LogP contribution in [0, 0.1) is 5.92 Å². The van der Waals surface area contributed by atoms with Crippen LogP contribution in [0.5, 0.6) is 0 Å². The largest absolute Gasteiger partial charge is 0.356 e. The average Bonchev–Trinajstić information content (AvgIpc) is 2.38. The van der Waals surface area contributed by atoms with E-state index in [0.717, 1.165) is 24.9 Å². The molecule has 4 heteroatoms. The van der Waals surface area contributed by atoms with E-state index in [1.54, 1.807) is 0 Å². The summed E-state index contributed by atoms with van der Waals surface area (Å²) in [6.07, 6.45) is 5.04. The van der Waals surface area contributed by atoms with Crippen LogP contribution in [0.15, 0.2) is 30.3 Å². The van der Waals surface area contributed by atoms with Gasteiger partial charge in [-0.25, -0.2) is 0 Å². The highest BCUT2D eigenvalue weighted by Gasteiger charge is 2.19. The topological polar surface area (TPSA) is 55.1 Å². The molecule has 3 N–H and O–H groups in total. The lowest BCUT2D eigenvalue weighted by Gasteiger charge is -2.26. The third-order valence-electron chi connectivity index (χ3n) is 3.62. The van der Waals surface area contributed by atoms with Crippen molar-refractivity contribution >= 4 is 18.3 Å². The zero-order valence-corrected chi connectivity index (χ0v) is 12.0. The van der Waals surface area contributed by atoms with Gasteiger partial charge in [0.25, 0.3) is 0 Å². The summed E-state index contributed by atoms with van der Waals surface area (Å²) in [4.78, 5) is 11.8.